The van der Waals surface area contributed by atoms with Gasteiger partial charge in [-0.05, 0) is 26.3 Å². The Morgan fingerprint density at radius 1 is 1.38 bits per heavy atom. The predicted molar refractivity (Wildman–Crippen MR) is 65.6 cm³/mol. The second-order valence-electron chi connectivity index (χ2n) is 4.19. The lowest BCUT2D eigenvalue weighted by atomic mass is 10.1. The van der Waals surface area contributed by atoms with Crippen LogP contribution < -0.4 is 0 Å². The van der Waals surface area contributed by atoms with Crippen molar-refractivity contribution < 1.29 is 14.6 Å². The maximum Gasteiger partial charge on any atom is 0.331 e. The summed E-state index contributed by atoms with van der Waals surface area (Å²) >= 11 is 0. The largest absolute Gasteiger partial charge is 0.478 e. The molecule has 94 valence electrons. The van der Waals surface area contributed by atoms with Gasteiger partial charge in [0.05, 0.1) is 12.7 Å². The van der Waals surface area contributed by atoms with Crippen molar-refractivity contribution in [2.24, 2.45) is 0 Å². The molecular formula is C13H24O3. The van der Waals surface area contributed by atoms with Crippen LogP contribution in [0.3, 0.4) is 0 Å². The summed E-state index contributed by atoms with van der Waals surface area (Å²) in [5, 5.41) is 8.62. The first-order valence-electron chi connectivity index (χ1n) is 6.09. The topological polar surface area (TPSA) is 46.5 Å². The van der Waals surface area contributed by atoms with Crippen LogP contribution in [-0.2, 0) is 9.53 Å². The first kappa shape index (κ1) is 15.2. The first-order chi connectivity index (χ1) is 7.57. The Balaban J connectivity index is 3.54. The van der Waals surface area contributed by atoms with Crippen molar-refractivity contribution in [1.29, 1.82) is 0 Å². The van der Waals surface area contributed by atoms with Crippen LogP contribution in [-0.4, -0.2) is 23.8 Å². The van der Waals surface area contributed by atoms with Crippen LogP contribution in [0.2, 0.25) is 0 Å². The summed E-state index contributed by atoms with van der Waals surface area (Å²) in [6.07, 6.45) is 7.87. The quantitative estimate of drug-likeness (QED) is 0.486. The number of carboxylic acids is 1. The van der Waals surface area contributed by atoms with E-state index in [1.54, 1.807) is 13.0 Å². The minimum atomic E-state index is -0.876. The fraction of sp³-hybridized carbons (Fsp3) is 0.769. The van der Waals surface area contributed by atoms with Gasteiger partial charge in [0.1, 0.15) is 0 Å². The van der Waals surface area contributed by atoms with Crippen LogP contribution in [0.4, 0.5) is 0 Å². The molecule has 0 radical (unpaired) electrons. The van der Waals surface area contributed by atoms with E-state index in [1.165, 1.54) is 25.7 Å². The minimum absolute atomic E-state index is 0.217. The maximum absolute atomic E-state index is 10.5. The highest BCUT2D eigenvalue weighted by molar-refractivity contribution is 5.85. The van der Waals surface area contributed by atoms with Crippen LogP contribution >= 0.6 is 0 Å². The summed E-state index contributed by atoms with van der Waals surface area (Å²) in [5.74, 6) is -0.876. The van der Waals surface area contributed by atoms with E-state index in [-0.39, 0.29) is 6.10 Å². The van der Waals surface area contributed by atoms with Crippen LogP contribution in [0.15, 0.2) is 11.6 Å². The summed E-state index contributed by atoms with van der Waals surface area (Å²) in [5.41, 5.74) is 0.346. The molecule has 0 amide bonds. The van der Waals surface area contributed by atoms with Crippen LogP contribution in [0.5, 0.6) is 0 Å². The molecule has 0 aromatic rings. The van der Waals surface area contributed by atoms with E-state index in [9.17, 15) is 4.79 Å². The number of hydrogen-bond donors (Lipinski definition) is 1. The zero-order valence-electron chi connectivity index (χ0n) is 10.7. The lowest BCUT2D eigenvalue weighted by Crippen LogP contribution is -2.09. The van der Waals surface area contributed by atoms with Gasteiger partial charge in [-0.25, -0.2) is 4.79 Å². The van der Waals surface area contributed by atoms with Gasteiger partial charge >= 0.3 is 5.97 Å². The molecule has 3 heteroatoms. The van der Waals surface area contributed by atoms with E-state index in [1.807, 2.05) is 6.92 Å². The van der Waals surface area contributed by atoms with Gasteiger partial charge in [0.2, 0.25) is 0 Å². The third-order valence-electron chi connectivity index (χ3n) is 2.57. The standard InChI is InChI=1S/C13H24O3/c1-4-5-6-7-8-12(3)16-10-9-11(2)13(14)15/h9,12H,4-8,10H2,1-3H3,(H,14,15). The molecule has 0 aromatic heterocycles. The molecule has 0 aliphatic carbocycles. The molecule has 0 bridgehead atoms. The summed E-state index contributed by atoms with van der Waals surface area (Å²) in [7, 11) is 0. The lowest BCUT2D eigenvalue weighted by Gasteiger charge is -2.11. The van der Waals surface area contributed by atoms with Gasteiger partial charge in [-0.15, -0.1) is 0 Å². The summed E-state index contributed by atoms with van der Waals surface area (Å²) < 4.78 is 5.50. The van der Waals surface area contributed by atoms with E-state index in [0.29, 0.717) is 12.2 Å². The highest BCUT2D eigenvalue weighted by atomic mass is 16.5. The number of unbranched alkanes of at least 4 members (excludes halogenated alkanes) is 3. The molecule has 0 aliphatic heterocycles. The van der Waals surface area contributed by atoms with Crippen molar-refractivity contribution in [3.63, 3.8) is 0 Å². The van der Waals surface area contributed by atoms with Crippen molar-refractivity contribution in [3.8, 4) is 0 Å². The van der Waals surface area contributed by atoms with Crippen molar-refractivity contribution in [2.75, 3.05) is 6.61 Å². The zero-order chi connectivity index (χ0) is 12.4. The Morgan fingerprint density at radius 3 is 2.62 bits per heavy atom. The van der Waals surface area contributed by atoms with Crippen LogP contribution in [0, 0.1) is 0 Å². The Bertz CT molecular complexity index is 221. The molecule has 1 atom stereocenters. The number of rotatable bonds is 9. The summed E-state index contributed by atoms with van der Waals surface area (Å²) in [4.78, 5) is 10.5. The normalized spacial score (nSPS) is 13.8. The molecular weight excluding hydrogens is 204 g/mol. The van der Waals surface area contributed by atoms with Gasteiger partial charge in [0, 0.05) is 5.57 Å². The number of aliphatic carboxylic acids is 1. The second-order valence-corrected chi connectivity index (χ2v) is 4.19. The SMILES string of the molecule is CCCCCCC(C)OCC=C(C)C(=O)O. The van der Waals surface area contributed by atoms with Crippen molar-refractivity contribution in [2.45, 2.75) is 59.0 Å². The van der Waals surface area contributed by atoms with Crippen molar-refractivity contribution in [3.05, 3.63) is 11.6 Å². The summed E-state index contributed by atoms with van der Waals surface area (Å²) in [6.45, 7) is 6.21. The zero-order valence-corrected chi connectivity index (χ0v) is 10.7. The average molecular weight is 228 g/mol. The minimum Gasteiger partial charge on any atom is -0.478 e. The molecule has 0 saturated carbocycles. The molecule has 0 saturated heterocycles. The average Bonchev–Trinajstić information content (AvgIpc) is 2.24. The van der Waals surface area contributed by atoms with E-state index in [0.717, 1.165) is 6.42 Å². The van der Waals surface area contributed by atoms with Crippen LogP contribution in [0.25, 0.3) is 0 Å². The van der Waals surface area contributed by atoms with Crippen molar-refractivity contribution in [1.82, 2.24) is 0 Å². The molecule has 0 aliphatic rings. The predicted octanol–water partition coefficient (Wildman–Crippen LogP) is 3.39. The number of carbonyl (C=O) groups is 1. The van der Waals surface area contributed by atoms with Gasteiger partial charge < -0.3 is 9.84 Å². The van der Waals surface area contributed by atoms with Gasteiger partial charge in [0.15, 0.2) is 0 Å². The monoisotopic (exact) mass is 228 g/mol. The van der Waals surface area contributed by atoms with Crippen LogP contribution in [0.1, 0.15) is 52.9 Å². The fourth-order valence-corrected chi connectivity index (χ4v) is 1.37. The highest BCUT2D eigenvalue weighted by Crippen LogP contribution is 2.08. The van der Waals surface area contributed by atoms with E-state index in [4.69, 9.17) is 9.84 Å². The number of carboxylic acid groups (broad SMARTS) is 1. The Labute approximate surface area is 98.5 Å². The molecule has 1 N–H and O–H groups in total. The third kappa shape index (κ3) is 8.48. The molecule has 0 spiro atoms. The fourth-order valence-electron chi connectivity index (χ4n) is 1.37. The Morgan fingerprint density at radius 2 is 2.06 bits per heavy atom. The second kappa shape index (κ2) is 9.40. The molecule has 16 heavy (non-hydrogen) atoms. The smallest absolute Gasteiger partial charge is 0.331 e. The summed E-state index contributed by atoms with van der Waals surface area (Å²) in [6, 6.07) is 0. The lowest BCUT2D eigenvalue weighted by molar-refractivity contribution is -0.132. The van der Waals surface area contributed by atoms with Gasteiger partial charge in [-0.1, -0.05) is 32.6 Å². The number of hydrogen-bond acceptors (Lipinski definition) is 2. The molecule has 0 aromatic carbocycles. The first-order valence-corrected chi connectivity index (χ1v) is 6.09. The highest BCUT2D eigenvalue weighted by Gasteiger charge is 2.02. The molecule has 0 rings (SSSR count). The Hall–Kier alpha value is -0.830. The van der Waals surface area contributed by atoms with E-state index in [2.05, 4.69) is 6.92 Å². The number of ether oxygens (including phenoxy) is 1. The van der Waals surface area contributed by atoms with E-state index < -0.39 is 5.97 Å². The molecule has 0 fully saturated rings. The molecule has 0 heterocycles. The van der Waals surface area contributed by atoms with Crippen molar-refractivity contribution >= 4 is 5.97 Å². The molecule has 3 nitrogen and oxygen atoms in total. The van der Waals surface area contributed by atoms with Gasteiger partial charge in [-0.2, -0.15) is 0 Å². The van der Waals surface area contributed by atoms with E-state index >= 15 is 0 Å². The maximum atomic E-state index is 10.5. The van der Waals surface area contributed by atoms with Gasteiger partial charge in [-0.3, -0.25) is 0 Å². The molecule has 1 unspecified atom stereocenters. The Kier molecular flexibility index (Phi) is 8.91. The third-order valence-corrected chi connectivity index (χ3v) is 2.57. The van der Waals surface area contributed by atoms with Gasteiger partial charge in [0.25, 0.3) is 0 Å².